The Kier molecular flexibility index (Phi) is 2.31. The maximum atomic E-state index is 4.22. The van der Waals surface area contributed by atoms with Crippen molar-refractivity contribution < 1.29 is 0 Å². The van der Waals surface area contributed by atoms with Crippen molar-refractivity contribution in [3.8, 4) is 0 Å². The third-order valence-corrected chi connectivity index (χ3v) is 2.32. The molecule has 0 bridgehead atoms. The van der Waals surface area contributed by atoms with E-state index in [9.17, 15) is 0 Å². The van der Waals surface area contributed by atoms with E-state index in [1.807, 2.05) is 35.5 Å². The molecule has 1 N–H and O–H groups in total. The zero-order valence-electron chi connectivity index (χ0n) is 8.93. The van der Waals surface area contributed by atoms with Crippen LogP contribution in [0.2, 0.25) is 0 Å². The molecule has 3 aromatic heterocycles. The molecule has 6 heteroatoms. The van der Waals surface area contributed by atoms with Crippen LogP contribution >= 0.6 is 0 Å². The van der Waals surface area contributed by atoms with Gasteiger partial charge in [-0.25, -0.2) is 5.01 Å². The number of pyridine rings is 1. The van der Waals surface area contributed by atoms with Gasteiger partial charge in [-0.15, -0.1) is 0 Å². The molecule has 0 radical (unpaired) electrons. The Morgan fingerprint density at radius 2 is 1.94 bits per heavy atom. The van der Waals surface area contributed by atoms with Gasteiger partial charge in [-0.2, -0.15) is 15.0 Å². The van der Waals surface area contributed by atoms with E-state index in [0.29, 0.717) is 0 Å². The molecular formula is C11H10N6. The van der Waals surface area contributed by atoms with Gasteiger partial charge >= 0.3 is 0 Å². The third kappa shape index (κ3) is 1.76. The lowest BCUT2D eigenvalue weighted by Crippen LogP contribution is -2.25. The fraction of sp³-hybridized carbons (Fsp3) is 0. The van der Waals surface area contributed by atoms with Crippen LogP contribution in [0.3, 0.4) is 0 Å². The van der Waals surface area contributed by atoms with Gasteiger partial charge < -0.3 is 0 Å². The molecule has 6 nitrogen and oxygen atoms in total. The normalized spacial score (nSPS) is 10.4. The summed E-state index contributed by atoms with van der Waals surface area (Å²) in [6.07, 6.45) is 8.77. The van der Waals surface area contributed by atoms with Gasteiger partial charge in [-0.05, 0) is 18.2 Å². The number of aromatic amines is 1. The Morgan fingerprint density at radius 3 is 2.59 bits per heavy atom. The summed E-state index contributed by atoms with van der Waals surface area (Å²) in [5.74, 6) is 0.833. The van der Waals surface area contributed by atoms with Gasteiger partial charge in [-0.1, -0.05) is 0 Å². The zero-order chi connectivity index (χ0) is 11.5. The molecule has 0 amide bonds. The van der Waals surface area contributed by atoms with Gasteiger partial charge in [0.05, 0.1) is 18.1 Å². The molecule has 0 spiro atoms. The van der Waals surface area contributed by atoms with E-state index in [4.69, 9.17) is 0 Å². The number of nitrogens with zero attached hydrogens (tertiary/aromatic N) is 5. The van der Waals surface area contributed by atoms with Crippen molar-refractivity contribution in [2.75, 3.05) is 5.01 Å². The van der Waals surface area contributed by atoms with Crippen LogP contribution in [0.15, 0.2) is 55.2 Å². The number of nitrogens with one attached hydrogen (secondary N) is 1. The Labute approximate surface area is 97.5 Å². The number of hydrogen-bond acceptors (Lipinski definition) is 4. The maximum absolute atomic E-state index is 4.22. The predicted octanol–water partition coefficient (Wildman–Crippen LogP) is 1.60. The Morgan fingerprint density at radius 1 is 1.06 bits per heavy atom. The Balaban J connectivity index is 2.10. The van der Waals surface area contributed by atoms with E-state index in [2.05, 4.69) is 20.3 Å². The molecule has 0 unspecified atom stereocenters. The minimum absolute atomic E-state index is 0.833. The maximum Gasteiger partial charge on any atom is 0.149 e. The van der Waals surface area contributed by atoms with E-state index < -0.39 is 0 Å². The largest absolute Gasteiger partial charge is 0.265 e. The number of anilines is 2. The van der Waals surface area contributed by atoms with Gasteiger partial charge in [0, 0.05) is 24.7 Å². The zero-order valence-corrected chi connectivity index (χ0v) is 8.93. The van der Waals surface area contributed by atoms with Gasteiger partial charge in [0.15, 0.2) is 0 Å². The summed E-state index contributed by atoms with van der Waals surface area (Å²) in [7, 11) is 0. The first-order valence-corrected chi connectivity index (χ1v) is 5.14. The number of H-pyrrole nitrogens is 1. The summed E-state index contributed by atoms with van der Waals surface area (Å²) >= 11 is 0. The van der Waals surface area contributed by atoms with Crippen molar-refractivity contribution in [3.05, 3.63) is 55.2 Å². The minimum Gasteiger partial charge on any atom is -0.265 e. The Hall–Kier alpha value is -2.63. The molecule has 0 aliphatic rings. The smallest absolute Gasteiger partial charge is 0.149 e. The number of hydrogen-bond donors (Lipinski definition) is 1. The predicted molar refractivity (Wildman–Crippen MR) is 62.6 cm³/mol. The SMILES string of the molecule is c1cnn(N(c2ccncc2)c2ccn[nH]2)c1. The van der Waals surface area contributed by atoms with Crippen LogP contribution in [0.25, 0.3) is 0 Å². The van der Waals surface area contributed by atoms with Crippen molar-refractivity contribution in [1.82, 2.24) is 25.1 Å². The van der Waals surface area contributed by atoms with Crippen LogP contribution in [0.5, 0.6) is 0 Å². The quantitative estimate of drug-likeness (QED) is 0.736. The van der Waals surface area contributed by atoms with Crippen LogP contribution in [0.1, 0.15) is 0 Å². The first-order chi connectivity index (χ1) is 8.45. The van der Waals surface area contributed by atoms with E-state index in [-0.39, 0.29) is 0 Å². The molecule has 0 aliphatic heterocycles. The van der Waals surface area contributed by atoms with Crippen LogP contribution in [-0.4, -0.2) is 25.1 Å². The highest BCUT2D eigenvalue weighted by molar-refractivity contribution is 5.57. The second kappa shape index (κ2) is 4.09. The molecule has 0 fully saturated rings. The first kappa shape index (κ1) is 9.59. The number of rotatable bonds is 3. The molecule has 3 rings (SSSR count). The molecule has 0 aromatic carbocycles. The summed E-state index contributed by atoms with van der Waals surface area (Å²) in [5.41, 5.74) is 0.952. The highest BCUT2D eigenvalue weighted by Crippen LogP contribution is 2.22. The first-order valence-electron chi connectivity index (χ1n) is 5.14. The minimum atomic E-state index is 0.833. The van der Waals surface area contributed by atoms with E-state index in [1.165, 1.54) is 0 Å². The van der Waals surface area contributed by atoms with Gasteiger partial charge in [-0.3, -0.25) is 10.1 Å². The van der Waals surface area contributed by atoms with Crippen LogP contribution in [-0.2, 0) is 0 Å². The van der Waals surface area contributed by atoms with Crippen LogP contribution < -0.4 is 5.01 Å². The van der Waals surface area contributed by atoms with Crippen molar-refractivity contribution in [1.29, 1.82) is 0 Å². The average molecular weight is 226 g/mol. The highest BCUT2D eigenvalue weighted by atomic mass is 15.7. The van der Waals surface area contributed by atoms with E-state index in [0.717, 1.165) is 11.5 Å². The lowest BCUT2D eigenvalue weighted by Gasteiger charge is -2.21. The van der Waals surface area contributed by atoms with Crippen molar-refractivity contribution >= 4 is 11.5 Å². The summed E-state index contributed by atoms with van der Waals surface area (Å²) in [6, 6.07) is 7.55. The second-order valence-corrected chi connectivity index (χ2v) is 3.39. The van der Waals surface area contributed by atoms with Gasteiger partial charge in [0.2, 0.25) is 0 Å². The average Bonchev–Trinajstić information content (AvgIpc) is 3.04. The summed E-state index contributed by atoms with van der Waals surface area (Å²) < 4.78 is 0. The van der Waals surface area contributed by atoms with Crippen LogP contribution in [0.4, 0.5) is 11.5 Å². The molecule has 0 saturated carbocycles. The lowest BCUT2D eigenvalue weighted by atomic mass is 10.4. The molecule has 0 aliphatic carbocycles. The molecule has 3 heterocycles. The van der Waals surface area contributed by atoms with Crippen molar-refractivity contribution in [2.24, 2.45) is 0 Å². The monoisotopic (exact) mass is 226 g/mol. The summed E-state index contributed by atoms with van der Waals surface area (Å²) in [5, 5.41) is 13.0. The molecule has 17 heavy (non-hydrogen) atoms. The third-order valence-electron chi connectivity index (χ3n) is 2.32. The fourth-order valence-electron chi connectivity index (χ4n) is 1.60. The Bertz CT molecular complexity index is 523. The topological polar surface area (TPSA) is 62.6 Å². The molecule has 0 atom stereocenters. The summed E-state index contributed by atoms with van der Waals surface area (Å²) in [6.45, 7) is 0. The van der Waals surface area contributed by atoms with Crippen molar-refractivity contribution in [2.45, 2.75) is 0 Å². The standard InChI is InChI=1S/C11H10N6/c1-5-14-16(9-1)17(11-4-8-13-15-11)10-2-6-12-7-3-10/h1-9H,(H,13,15). The van der Waals surface area contributed by atoms with Crippen LogP contribution in [0, 0.1) is 0 Å². The molecule has 3 aromatic rings. The fourth-order valence-corrected chi connectivity index (χ4v) is 1.60. The lowest BCUT2D eigenvalue weighted by molar-refractivity contribution is 0.691. The van der Waals surface area contributed by atoms with Gasteiger partial charge in [0.25, 0.3) is 0 Å². The number of aromatic nitrogens is 5. The summed E-state index contributed by atoms with van der Waals surface area (Å²) in [4.78, 5) is 5.73. The highest BCUT2D eigenvalue weighted by Gasteiger charge is 2.12. The van der Waals surface area contributed by atoms with E-state index in [1.54, 1.807) is 29.6 Å². The van der Waals surface area contributed by atoms with Crippen molar-refractivity contribution in [3.63, 3.8) is 0 Å². The van der Waals surface area contributed by atoms with E-state index >= 15 is 0 Å². The second-order valence-electron chi connectivity index (χ2n) is 3.39. The van der Waals surface area contributed by atoms with Gasteiger partial charge in [0.1, 0.15) is 5.82 Å². The molecular weight excluding hydrogens is 216 g/mol. The molecule has 84 valence electrons. The molecule has 0 saturated heterocycles.